The maximum atomic E-state index is 10.6. The number of carbonyl (C=O) groups is 4. The monoisotopic (exact) mass is 1170 g/mol. The predicted octanol–water partition coefficient (Wildman–Crippen LogP) is 15.0. The topological polar surface area (TPSA) is 197 Å². The fraction of sp³-hybridized carbons (Fsp3) is 0.562. The van der Waals surface area contributed by atoms with E-state index in [0.717, 1.165) is 99.3 Å². The van der Waals surface area contributed by atoms with E-state index in [0.29, 0.717) is 0 Å². The minimum absolute atomic E-state index is 0. The molecule has 0 radical (unpaired) electrons. The van der Waals surface area contributed by atoms with Crippen LogP contribution in [0, 0.1) is 0 Å². The van der Waals surface area contributed by atoms with Crippen LogP contribution >= 0.6 is 0 Å². The molecule has 4 aromatic rings. The average Bonchev–Trinajstić information content (AvgIpc) is 3.42. The molecule has 13 heteroatoms. The molecule has 424 valence electrons. The van der Waals surface area contributed by atoms with Gasteiger partial charge in [0.15, 0.2) is 0 Å². The molecule has 0 N–H and O–H groups in total. The molecule has 0 amide bonds. The molecular formula is C64H92O12Sn. The summed E-state index contributed by atoms with van der Waals surface area (Å²) in [7, 11) is 0. The average molecular weight is 1170 g/mol. The first-order valence-electron chi connectivity index (χ1n) is 28.7. The summed E-state index contributed by atoms with van der Waals surface area (Å²) < 4.78 is 19.5. The van der Waals surface area contributed by atoms with Crippen molar-refractivity contribution in [1.29, 1.82) is 0 Å². The zero-order valence-electron chi connectivity index (χ0n) is 47.1. The van der Waals surface area contributed by atoms with Gasteiger partial charge in [-0.15, -0.1) is 0 Å². The molecule has 0 fully saturated rings. The summed E-state index contributed by atoms with van der Waals surface area (Å²) in [4.78, 5) is 42.5. The van der Waals surface area contributed by atoms with Gasteiger partial charge in [0.1, 0.15) is 0 Å². The van der Waals surface area contributed by atoms with Crippen molar-refractivity contribution >= 4 is 48.5 Å². The molecule has 0 aliphatic heterocycles. The molecular weight excluding hydrogens is 1080 g/mol. The van der Waals surface area contributed by atoms with Gasteiger partial charge in [-0.3, -0.25) is 0 Å². The summed E-state index contributed by atoms with van der Waals surface area (Å²) in [5.74, 6) is 0. The van der Waals surface area contributed by atoms with E-state index in [4.69, 9.17) is 18.9 Å². The van der Waals surface area contributed by atoms with Crippen molar-refractivity contribution in [2.24, 2.45) is 0 Å². The molecule has 4 rings (SSSR count). The van der Waals surface area contributed by atoms with Gasteiger partial charge >= 0.3 is 23.9 Å². The zero-order valence-corrected chi connectivity index (χ0v) is 49.9. The predicted molar refractivity (Wildman–Crippen MR) is 300 cm³/mol. The van der Waals surface area contributed by atoms with Crippen molar-refractivity contribution in [2.75, 3.05) is 0 Å². The maximum absolute atomic E-state index is 10.6. The standard InChI is InChI=1S/4C16H24O3.Sn/c4*1-2-3-4-5-6-10-13-15(19-16(17)18)14-11-8-7-9-12-14;/h4*7-9,11-12,15H,2-6,10,13H2,1H3,(H,17,18);/q;;;;+4/p-4. The van der Waals surface area contributed by atoms with Gasteiger partial charge in [0, 0.05) is 0 Å². The van der Waals surface area contributed by atoms with Crippen LogP contribution in [-0.2, 0) is 18.9 Å². The van der Waals surface area contributed by atoms with E-state index in [1.807, 2.05) is 121 Å². The summed E-state index contributed by atoms with van der Waals surface area (Å²) in [5.41, 5.74) is 3.61. The minimum Gasteiger partial charge on any atom is -0.542 e. The molecule has 0 bridgehead atoms. The second kappa shape index (κ2) is 50.3. The number of ether oxygens (including phenoxy) is 4. The quantitative estimate of drug-likeness (QED) is 0.0181. The van der Waals surface area contributed by atoms with E-state index in [9.17, 15) is 39.6 Å². The molecule has 77 heavy (non-hydrogen) atoms. The maximum Gasteiger partial charge on any atom is 4.00 e. The van der Waals surface area contributed by atoms with Crippen LogP contribution in [0.25, 0.3) is 0 Å². The first kappa shape index (κ1) is 71.8. The SMILES string of the molecule is CCCCCCCCC(OC(=O)[O-])c1ccccc1.CCCCCCCCC(OC(=O)[O-])c1ccccc1.CCCCCCCCC(OC(=O)[O-])c1ccccc1.CCCCCCCCC(OC(=O)[O-])c1ccccc1.[Sn+4]. The Balaban J connectivity index is 0.000000996. The van der Waals surface area contributed by atoms with Gasteiger partial charge in [0.2, 0.25) is 0 Å². The minimum atomic E-state index is -1.44. The van der Waals surface area contributed by atoms with E-state index in [1.165, 1.54) is 103 Å². The Morgan fingerprint density at radius 2 is 0.442 bits per heavy atom. The van der Waals surface area contributed by atoms with Gasteiger partial charge in [-0.05, 0) is 47.9 Å². The van der Waals surface area contributed by atoms with Gasteiger partial charge in [-0.2, -0.15) is 0 Å². The second-order valence-electron chi connectivity index (χ2n) is 19.3. The van der Waals surface area contributed by atoms with E-state index in [2.05, 4.69) is 27.7 Å². The van der Waals surface area contributed by atoms with Gasteiger partial charge in [-0.1, -0.05) is 303 Å². The number of unbranched alkanes of at least 4 members (excludes halogenated alkanes) is 20. The fourth-order valence-electron chi connectivity index (χ4n) is 8.75. The van der Waals surface area contributed by atoms with Crippen LogP contribution < -0.4 is 20.4 Å². The number of carboxylic acid groups (broad SMARTS) is 4. The first-order valence-corrected chi connectivity index (χ1v) is 28.7. The third kappa shape index (κ3) is 40.6. The Morgan fingerprint density at radius 3 is 0.597 bits per heavy atom. The van der Waals surface area contributed by atoms with Crippen molar-refractivity contribution in [3.8, 4) is 0 Å². The third-order valence-electron chi connectivity index (χ3n) is 12.9. The molecule has 4 aromatic carbocycles. The van der Waals surface area contributed by atoms with Crippen LogP contribution in [0.4, 0.5) is 19.2 Å². The zero-order chi connectivity index (χ0) is 55.7. The van der Waals surface area contributed by atoms with E-state index >= 15 is 0 Å². The van der Waals surface area contributed by atoms with Gasteiger partial charge in [0.25, 0.3) is 24.6 Å². The first-order chi connectivity index (χ1) is 36.9. The molecule has 0 saturated carbocycles. The van der Waals surface area contributed by atoms with Crippen molar-refractivity contribution in [2.45, 2.75) is 232 Å². The third-order valence-corrected chi connectivity index (χ3v) is 12.9. The Hall–Kier alpha value is -5.24. The molecule has 12 nitrogen and oxygen atoms in total. The Morgan fingerprint density at radius 1 is 0.286 bits per heavy atom. The van der Waals surface area contributed by atoms with Crippen molar-refractivity contribution in [3.63, 3.8) is 0 Å². The number of carbonyl (C=O) groups excluding carboxylic acids is 4. The largest absolute Gasteiger partial charge is 4.00 e. The van der Waals surface area contributed by atoms with Crippen LogP contribution in [0.15, 0.2) is 121 Å². The fourth-order valence-corrected chi connectivity index (χ4v) is 8.75. The Bertz CT molecular complexity index is 1690. The summed E-state index contributed by atoms with van der Waals surface area (Å²) in [5, 5.41) is 42.5. The molecule has 0 spiro atoms. The van der Waals surface area contributed by atoms with Crippen LogP contribution in [0.2, 0.25) is 0 Å². The van der Waals surface area contributed by atoms with Gasteiger partial charge in [0.05, 0.1) is 24.4 Å². The number of hydrogen-bond donors (Lipinski definition) is 0. The van der Waals surface area contributed by atoms with E-state index in [1.54, 1.807) is 0 Å². The molecule has 0 aliphatic carbocycles. The van der Waals surface area contributed by atoms with E-state index < -0.39 is 49.0 Å². The summed E-state index contributed by atoms with van der Waals surface area (Å²) in [6.45, 7) is 8.77. The van der Waals surface area contributed by atoms with Crippen molar-refractivity contribution in [3.05, 3.63) is 144 Å². The van der Waals surface area contributed by atoms with Crippen LogP contribution in [0.1, 0.15) is 254 Å². The van der Waals surface area contributed by atoms with Crippen molar-refractivity contribution in [1.82, 2.24) is 0 Å². The second-order valence-corrected chi connectivity index (χ2v) is 19.3. The molecule has 0 saturated heterocycles. The number of hydrogen-bond acceptors (Lipinski definition) is 12. The molecule has 4 unspecified atom stereocenters. The normalized spacial score (nSPS) is 11.9. The van der Waals surface area contributed by atoms with Crippen molar-refractivity contribution < 1.29 is 58.6 Å². The van der Waals surface area contributed by atoms with Crippen LogP contribution in [0.3, 0.4) is 0 Å². The smallest absolute Gasteiger partial charge is 0.542 e. The Kier molecular flexibility index (Phi) is 46.9. The van der Waals surface area contributed by atoms with E-state index in [-0.39, 0.29) is 23.9 Å². The Labute approximate surface area is 480 Å². The van der Waals surface area contributed by atoms with Gasteiger partial charge in [-0.25, -0.2) is 0 Å². The number of rotatable bonds is 36. The molecule has 0 heterocycles. The van der Waals surface area contributed by atoms with Crippen LogP contribution in [0.5, 0.6) is 0 Å². The summed E-state index contributed by atoms with van der Waals surface area (Å²) in [6, 6.07) is 37.9. The molecule has 4 atom stereocenters. The van der Waals surface area contributed by atoms with Crippen LogP contribution in [-0.4, -0.2) is 48.5 Å². The molecule has 0 aliphatic rings. The summed E-state index contributed by atoms with van der Waals surface area (Å²) in [6.07, 6.45) is 23.9. The molecule has 0 aromatic heterocycles. The summed E-state index contributed by atoms with van der Waals surface area (Å²) >= 11 is 0. The number of benzene rings is 4. The van der Waals surface area contributed by atoms with Gasteiger partial charge < -0.3 is 58.6 Å².